The summed E-state index contributed by atoms with van der Waals surface area (Å²) in [5, 5.41) is 8.28. The minimum Gasteiger partial charge on any atom is -0.294 e. The summed E-state index contributed by atoms with van der Waals surface area (Å²) < 4.78 is 0. The lowest BCUT2D eigenvalue weighted by molar-refractivity contribution is 0.0858. The van der Waals surface area contributed by atoms with Gasteiger partial charge in [-0.05, 0) is 24.6 Å². The van der Waals surface area contributed by atoms with Crippen molar-refractivity contribution in [3.8, 4) is 0 Å². The van der Waals surface area contributed by atoms with Gasteiger partial charge >= 0.3 is 0 Å². The van der Waals surface area contributed by atoms with Gasteiger partial charge in [0.05, 0.1) is 5.52 Å². The lowest BCUT2D eigenvalue weighted by Gasteiger charge is -2.16. The van der Waals surface area contributed by atoms with Crippen LogP contribution in [-0.2, 0) is 6.42 Å². The molecule has 3 nitrogen and oxygen atoms in total. The number of rotatable bonds is 2. The number of aromatic amines is 1. The molecule has 0 unspecified atom stereocenters. The molecule has 0 aliphatic carbocycles. The van der Waals surface area contributed by atoms with Crippen LogP contribution in [0.5, 0.6) is 0 Å². The van der Waals surface area contributed by atoms with Crippen LogP contribution in [0, 0.1) is 5.41 Å². The molecule has 1 N–H and O–H groups in total. The van der Waals surface area contributed by atoms with Crippen molar-refractivity contribution in [3.05, 3.63) is 29.5 Å². The Morgan fingerprint density at radius 2 is 2.06 bits per heavy atom. The Labute approximate surface area is 101 Å². The van der Waals surface area contributed by atoms with Gasteiger partial charge in [-0.1, -0.05) is 27.7 Å². The molecule has 1 aromatic carbocycles. The predicted molar refractivity (Wildman–Crippen MR) is 69.3 cm³/mol. The molecule has 0 fully saturated rings. The van der Waals surface area contributed by atoms with Crippen LogP contribution >= 0.6 is 0 Å². The molecule has 0 spiro atoms. The Morgan fingerprint density at radius 3 is 2.65 bits per heavy atom. The van der Waals surface area contributed by atoms with E-state index >= 15 is 0 Å². The first-order chi connectivity index (χ1) is 7.93. The van der Waals surface area contributed by atoms with E-state index in [1.165, 1.54) is 0 Å². The third kappa shape index (κ3) is 2.09. The number of fused-ring (bicyclic) bond motifs is 1. The standard InChI is InChI=1S/C14H18N2O/c1-5-11-10-8-9(13(17)14(2,3)4)6-7-12(10)16-15-11/h6-8H,5H2,1-4H3,(H,15,16). The van der Waals surface area contributed by atoms with Gasteiger partial charge in [-0.25, -0.2) is 0 Å². The van der Waals surface area contributed by atoms with Crippen LogP contribution in [0.15, 0.2) is 18.2 Å². The van der Waals surface area contributed by atoms with E-state index in [-0.39, 0.29) is 11.2 Å². The monoisotopic (exact) mass is 230 g/mol. The molecule has 2 rings (SSSR count). The second-order valence-corrected chi connectivity index (χ2v) is 5.37. The molecule has 0 saturated carbocycles. The lowest BCUT2D eigenvalue weighted by Crippen LogP contribution is -2.20. The van der Waals surface area contributed by atoms with E-state index in [1.54, 1.807) is 0 Å². The fraction of sp³-hybridized carbons (Fsp3) is 0.429. The zero-order valence-electron chi connectivity index (χ0n) is 10.8. The molecule has 0 aliphatic heterocycles. The summed E-state index contributed by atoms with van der Waals surface area (Å²) in [5.74, 6) is 0.169. The van der Waals surface area contributed by atoms with Crippen LogP contribution in [0.2, 0.25) is 0 Å². The van der Waals surface area contributed by atoms with Crippen molar-refractivity contribution in [3.63, 3.8) is 0 Å². The Balaban J connectivity index is 2.54. The van der Waals surface area contributed by atoms with Crippen molar-refractivity contribution < 1.29 is 4.79 Å². The smallest absolute Gasteiger partial charge is 0.168 e. The highest BCUT2D eigenvalue weighted by atomic mass is 16.1. The molecule has 0 saturated heterocycles. The van der Waals surface area contributed by atoms with Crippen LogP contribution < -0.4 is 0 Å². The van der Waals surface area contributed by atoms with Crippen molar-refractivity contribution in [2.45, 2.75) is 34.1 Å². The van der Waals surface area contributed by atoms with Gasteiger partial charge in [0.25, 0.3) is 0 Å². The molecule has 2 aromatic rings. The molecule has 1 aromatic heterocycles. The van der Waals surface area contributed by atoms with E-state index in [4.69, 9.17) is 0 Å². The predicted octanol–water partition coefficient (Wildman–Crippen LogP) is 3.35. The molecule has 0 bridgehead atoms. The number of carbonyl (C=O) groups excluding carboxylic acids is 1. The molecule has 0 atom stereocenters. The number of hydrogen-bond donors (Lipinski definition) is 1. The number of H-pyrrole nitrogens is 1. The summed E-state index contributed by atoms with van der Waals surface area (Å²) in [5.41, 5.74) is 2.43. The number of hydrogen-bond acceptors (Lipinski definition) is 2. The largest absolute Gasteiger partial charge is 0.294 e. The van der Waals surface area contributed by atoms with E-state index in [2.05, 4.69) is 17.1 Å². The zero-order valence-corrected chi connectivity index (χ0v) is 10.8. The normalized spacial score (nSPS) is 12.0. The topological polar surface area (TPSA) is 45.8 Å². The number of nitrogens with zero attached hydrogens (tertiary/aromatic N) is 1. The van der Waals surface area contributed by atoms with Crippen molar-refractivity contribution in [2.75, 3.05) is 0 Å². The summed E-state index contributed by atoms with van der Waals surface area (Å²) in [6, 6.07) is 5.71. The van der Waals surface area contributed by atoms with Gasteiger partial charge in [0, 0.05) is 22.1 Å². The number of nitrogens with one attached hydrogen (secondary N) is 1. The number of ketones is 1. The van der Waals surface area contributed by atoms with Crippen LogP contribution in [-0.4, -0.2) is 16.0 Å². The molecule has 3 heteroatoms. The van der Waals surface area contributed by atoms with Gasteiger partial charge in [0.15, 0.2) is 5.78 Å². The van der Waals surface area contributed by atoms with Crippen molar-refractivity contribution in [2.24, 2.45) is 5.41 Å². The van der Waals surface area contributed by atoms with Crippen LogP contribution in [0.25, 0.3) is 10.9 Å². The molecular weight excluding hydrogens is 212 g/mol. The van der Waals surface area contributed by atoms with E-state index < -0.39 is 0 Å². The zero-order chi connectivity index (χ0) is 12.6. The fourth-order valence-corrected chi connectivity index (χ4v) is 1.91. The van der Waals surface area contributed by atoms with Gasteiger partial charge in [-0.3, -0.25) is 9.89 Å². The van der Waals surface area contributed by atoms with Gasteiger partial charge in [-0.15, -0.1) is 0 Å². The highest BCUT2D eigenvalue weighted by molar-refractivity contribution is 6.02. The third-order valence-corrected chi connectivity index (χ3v) is 2.93. The Morgan fingerprint density at radius 1 is 1.35 bits per heavy atom. The average molecular weight is 230 g/mol. The van der Waals surface area contributed by atoms with Gasteiger partial charge in [0.1, 0.15) is 0 Å². The number of aryl methyl sites for hydroxylation is 1. The van der Waals surface area contributed by atoms with E-state index in [1.807, 2.05) is 39.0 Å². The number of carbonyl (C=O) groups is 1. The van der Waals surface area contributed by atoms with Gasteiger partial charge < -0.3 is 0 Å². The first kappa shape index (κ1) is 11.8. The van der Waals surface area contributed by atoms with Crippen LogP contribution in [0.1, 0.15) is 43.7 Å². The van der Waals surface area contributed by atoms with Gasteiger partial charge in [0.2, 0.25) is 0 Å². The third-order valence-electron chi connectivity index (χ3n) is 2.93. The molecule has 0 radical (unpaired) electrons. The Bertz CT molecular complexity index is 561. The highest BCUT2D eigenvalue weighted by Gasteiger charge is 2.23. The molecule has 90 valence electrons. The first-order valence-corrected chi connectivity index (χ1v) is 5.95. The summed E-state index contributed by atoms with van der Waals surface area (Å²) in [4.78, 5) is 12.2. The highest BCUT2D eigenvalue weighted by Crippen LogP contribution is 2.24. The summed E-state index contributed by atoms with van der Waals surface area (Å²) in [6.07, 6.45) is 0.893. The second kappa shape index (κ2) is 3.99. The Hall–Kier alpha value is -1.64. The maximum atomic E-state index is 12.2. The summed E-state index contributed by atoms with van der Waals surface area (Å²) in [6.45, 7) is 7.89. The second-order valence-electron chi connectivity index (χ2n) is 5.37. The summed E-state index contributed by atoms with van der Waals surface area (Å²) in [7, 11) is 0. The minimum absolute atomic E-state index is 0.169. The molecule has 0 aliphatic rings. The fourth-order valence-electron chi connectivity index (χ4n) is 1.91. The molecule has 1 heterocycles. The summed E-state index contributed by atoms with van der Waals surface area (Å²) >= 11 is 0. The molecule has 17 heavy (non-hydrogen) atoms. The van der Waals surface area contributed by atoms with Gasteiger partial charge in [-0.2, -0.15) is 5.10 Å². The quantitative estimate of drug-likeness (QED) is 0.804. The van der Waals surface area contributed by atoms with Crippen molar-refractivity contribution in [1.29, 1.82) is 0 Å². The van der Waals surface area contributed by atoms with E-state index in [0.29, 0.717) is 0 Å². The average Bonchev–Trinajstić information content (AvgIpc) is 2.68. The Kier molecular flexibility index (Phi) is 2.77. The first-order valence-electron chi connectivity index (χ1n) is 5.95. The SMILES string of the molecule is CCc1[nH]nc2ccc(C(=O)C(C)(C)C)cc12. The maximum Gasteiger partial charge on any atom is 0.168 e. The number of benzene rings is 1. The van der Waals surface area contributed by atoms with E-state index in [9.17, 15) is 4.79 Å². The number of aromatic nitrogens is 2. The van der Waals surface area contributed by atoms with Crippen LogP contribution in [0.4, 0.5) is 0 Å². The van der Waals surface area contributed by atoms with Crippen molar-refractivity contribution in [1.82, 2.24) is 10.2 Å². The minimum atomic E-state index is -0.343. The maximum absolute atomic E-state index is 12.2. The number of Topliss-reactive ketones (excluding diaryl/α,β-unsaturated/α-hetero) is 1. The molecular formula is C14H18N2O. The van der Waals surface area contributed by atoms with E-state index in [0.717, 1.165) is 28.6 Å². The molecule has 0 amide bonds. The van der Waals surface area contributed by atoms with Crippen LogP contribution in [0.3, 0.4) is 0 Å². The van der Waals surface area contributed by atoms with Crippen molar-refractivity contribution >= 4 is 16.7 Å². The lowest BCUT2D eigenvalue weighted by atomic mass is 9.86.